The van der Waals surface area contributed by atoms with Gasteiger partial charge in [0.05, 0.1) is 11.1 Å². The van der Waals surface area contributed by atoms with Crippen molar-refractivity contribution in [2.24, 2.45) is 5.92 Å². The number of amides is 1. The topological polar surface area (TPSA) is 73.2 Å². The van der Waals surface area contributed by atoms with Gasteiger partial charge in [-0.05, 0) is 120 Å². The Bertz CT molecular complexity index is 2450. The van der Waals surface area contributed by atoms with E-state index in [1.54, 1.807) is 36.4 Å². The standard InChI is InChI=1S/C56H60F6N2O4/c1-4-7-9-10-12-41-16-18-42(19-17-41)20-23-44-13-11-14-48(36-44)40-64(39-47-28-33-51(34-29-47)56(60,61)62)68-54(67)53(66)63(38-46-26-31-50(32-27-46)55(57,58)59)37-45-24-21-43(22-25-45)30-35-52(65)49(6-3)15-8-5-2/h11,13-14,16-19,21-22,24-29,31-34,36,49,52,54,65,67H,4-10,12,15,37-40H2,1-3H3. The number of carbonyl (C=O) groups is 1. The molecule has 1 amide bonds. The van der Waals surface area contributed by atoms with Crippen molar-refractivity contribution in [1.82, 2.24) is 9.96 Å². The number of unbranched alkanes of at least 4 members (excludes halogenated alkanes) is 4. The van der Waals surface area contributed by atoms with Crippen LogP contribution in [-0.4, -0.2) is 38.5 Å². The molecular weight excluding hydrogens is 879 g/mol. The van der Waals surface area contributed by atoms with Crippen molar-refractivity contribution >= 4 is 5.91 Å². The van der Waals surface area contributed by atoms with E-state index in [9.17, 15) is 41.4 Å². The third kappa shape index (κ3) is 17.3. The lowest BCUT2D eigenvalue weighted by molar-refractivity contribution is -0.269. The smallest absolute Gasteiger partial charge is 0.380 e. The number of aliphatic hydroxyl groups excluding tert-OH is 2. The number of aryl methyl sites for hydroxylation is 1. The molecule has 0 fully saturated rings. The van der Waals surface area contributed by atoms with Gasteiger partial charge in [0.2, 0.25) is 0 Å². The number of aliphatic hydroxyl groups is 2. The SMILES string of the molecule is CCCCCCc1ccc(C#Cc2cccc(CN(Cc3ccc(C(F)(F)F)cc3)OC(O)C(=O)N(Cc3ccc(C#CC(O)C(CC)CCCC)cc3)Cc3ccc(C(F)(F)F)cc3)c2)cc1. The Morgan fingerprint density at radius 3 is 1.62 bits per heavy atom. The number of hydroxylamine groups is 2. The monoisotopic (exact) mass is 938 g/mol. The lowest BCUT2D eigenvalue weighted by Crippen LogP contribution is -2.43. The van der Waals surface area contributed by atoms with E-state index in [0.717, 1.165) is 68.4 Å². The minimum absolute atomic E-state index is 0.0265. The van der Waals surface area contributed by atoms with E-state index in [1.807, 2.05) is 31.2 Å². The maximum Gasteiger partial charge on any atom is 0.416 e. The van der Waals surface area contributed by atoms with Crippen LogP contribution < -0.4 is 0 Å². The summed E-state index contributed by atoms with van der Waals surface area (Å²) in [6, 6.07) is 31.0. The second-order valence-electron chi connectivity index (χ2n) is 17.0. The molecule has 360 valence electrons. The van der Waals surface area contributed by atoms with Crippen molar-refractivity contribution in [2.75, 3.05) is 0 Å². The highest BCUT2D eigenvalue weighted by molar-refractivity contribution is 5.79. The molecular formula is C56H60F6N2O4. The number of hydrogen-bond acceptors (Lipinski definition) is 5. The maximum absolute atomic E-state index is 14.2. The molecule has 5 aromatic rings. The van der Waals surface area contributed by atoms with Crippen LogP contribution in [0.3, 0.4) is 0 Å². The molecule has 0 aromatic heterocycles. The van der Waals surface area contributed by atoms with Crippen molar-refractivity contribution in [2.45, 2.75) is 129 Å². The zero-order chi connectivity index (χ0) is 49.1. The van der Waals surface area contributed by atoms with E-state index >= 15 is 0 Å². The van der Waals surface area contributed by atoms with Gasteiger partial charge in [-0.2, -0.15) is 31.4 Å². The molecule has 5 aromatic carbocycles. The Hall–Kier alpha value is -5.89. The van der Waals surface area contributed by atoms with Gasteiger partial charge in [-0.15, -0.1) is 0 Å². The van der Waals surface area contributed by atoms with E-state index in [4.69, 9.17) is 4.84 Å². The number of halogens is 6. The molecule has 0 spiro atoms. The Labute approximate surface area is 396 Å². The minimum Gasteiger partial charge on any atom is -0.380 e. The second kappa shape index (κ2) is 26.0. The summed E-state index contributed by atoms with van der Waals surface area (Å²) in [6.45, 7) is 5.83. The first-order valence-electron chi connectivity index (χ1n) is 23.2. The molecule has 0 heterocycles. The fraction of sp³-hybridized carbons (Fsp3) is 0.375. The van der Waals surface area contributed by atoms with Crippen LogP contribution in [0.2, 0.25) is 0 Å². The van der Waals surface area contributed by atoms with Crippen molar-refractivity contribution in [3.8, 4) is 23.7 Å². The zero-order valence-electron chi connectivity index (χ0n) is 38.8. The Morgan fingerprint density at radius 1 is 0.574 bits per heavy atom. The number of benzene rings is 5. The first-order chi connectivity index (χ1) is 32.5. The molecule has 3 atom stereocenters. The van der Waals surface area contributed by atoms with E-state index < -0.39 is 41.8 Å². The zero-order valence-corrected chi connectivity index (χ0v) is 38.8. The van der Waals surface area contributed by atoms with Gasteiger partial charge in [0, 0.05) is 42.9 Å². The number of hydrogen-bond donors (Lipinski definition) is 2. The molecule has 12 heteroatoms. The van der Waals surface area contributed by atoms with Crippen LogP contribution in [0.15, 0.2) is 121 Å². The minimum atomic E-state index is -4.58. The van der Waals surface area contributed by atoms with E-state index in [1.165, 1.54) is 59.1 Å². The highest BCUT2D eigenvalue weighted by atomic mass is 19.4. The third-order valence-electron chi connectivity index (χ3n) is 11.6. The first-order valence-corrected chi connectivity index (χ1v) is 23.2. The molecule has 3 unspecified atom stereocenters. The fourth-order valence-corrected chi connectivity index (χ4v) is 7.55. The molecule has 0 radical (unpaired) electrons. The lowest BCUT2D eigenvalue weighted by atomic mass is 9.93. The van der Waals surface area contributed by atoms with Crippen LogP contribution in [0.5, 0.6) is 0 Å². The molecule has 6 nitrogen and oxygen atoms in total. The molecule has 0 saturated carbocycles. The van der Waals surface area contributed by atoms with E-state index in [2.05, 4.69) is 49.7 Å². The van der Waals surface area contributed by atoms with Crippen LogP contribution in [-0.2, 0) is 54.6 Å². The molecule has 0 aliphatic carbocycles. The average molecular weight is 939 g/mol. The largest absolute Gasteiger partial charge is 0.416 e. The molecule has 5 rings (SSSR count). The quantitative estimate of drug-likeness (QED) is 0.0252. The van der Waals surface area contributed by atoms with Gasteiger partial charge in [0.25, 0.3) is 12.2 Å². The highest BCUT2D eigenvalue weighted by Gasteiger charge is 2.32. The van der Waals surface area contributed by atoms with Gasteiger partial charge < -0.3 is 15.1 Å². The summed E-state index contributed by atoms with van der Waals surface area (Å²) in [7, 11) is 0. The van der Waals surface area contributed by atoms with Crippen molar-refractivity contribution in [3.63, 3.8) is 0 Å². The van der Waals surface area contributed by atoms with Gasteiger partial charge in [0.1, 0.15) is 6.10 Å². The van der Waals surface area contributed by atoms with Crippen LogP contribution in [0.1, 0.15) is 128 Å². The summed E-state index contributed by atoms with van der Waals surface area (Å²) < 4.78 is 80.7. The van der Waals surface area contributed by atoms with E-state index in [-0.39, 0.29) is 32.1 Å². The average Bonchev–Trinajstić information content (AvgIpc) is 3.32. The highest BCUT2D eigenvalue weighted by Crippen LogP contribution is 2.31. The summed E-state index contributed by atoms with van der Waals surface area (Å²) in [6.07, 6.45) is -2.68. The number of rotatable bonds is 21. The second-order valence-corrected chi connectivity index (χ2v) is 17.0. The van der Waals surface area contributed by atoms with Crippen LogP contribution >= 0.6 is 0 Å². The third-order valence-corrected chi connectivity index (χ3v) is 11.6. The van der Waals surface area contributed by atoms with Gasteiger partial charge in [-0.1, -0.05) is 137 Å². The van der Waals surface area contributed by atoms with Crippen molar-refractivity contribution in [1.29, 1.82) is 0 Å². The predicted octanol–water partition coefficient (Wildman–Crippen LogP) is 12.7. The van der Waals surface area contributed by atoms with Crippen molar-refractivity contribution in [3.05, 3.63) is 177 Å². The van der Waals surface area contributed by atoms with Gasteiger partial charge in [0.15, 0.2) is 0 Å². The summed E-state index contributed by atoms with van der Waals surface area (Å²) in [4.78, 5) is 21.4. The lowest BCUT2D eigenvalue weighted by Gasteiger charge is -2.29. The maximum atomic E-state index is 14.2. The Balaban J connectivity index is 1.37. The number of carbonyl (C=O) groups excluding carboxylic acids is 1. The summed E-state index contributed by atoms with van der Waals surface area (Å²) >= 11 is 0. The summed E-state index contributed by atoms with van der Waals surface area (Å²) in [5.41, 5.74) is 3.68. The van der Waals surface area contributed by atoms with Crippen LogP contribution in [0.4, 0.5) is 26.3 Å². The normalized spacial score (nSPS) is 12.9. The van der Waals surface area contributed by atoms with E-state index in [0.29, 0.717) is 33.4 Å². The number of nitrogens with zero attached hydrogens (tertiary/aromatic N) is 2. The predicted molar refractivity (Wildman–Crippen MR) is 253 cm³/mol. The Kier molecular flexibility index (Phi) is 20.3. The van der Waals surface area contributed by atoms with Crippen molar-refractivity contribution < 1.29 is 46.2 Å². The Morgan fingerprint density at radius 2 is 1.07 bits per heavy atom. The number of alkyl halides is 6. The summed E-state index contributed by atoms with van der Waals surface area (Å²) in [5.74, 6) is 11.4. The molecule has 2 N–H and O–H groups in total. The molecule has 0 aliphatic heterocycles. The summed E-state index contributed by atoms with van der Waals surface area (Å²) in [5, 5.41) is 23.5. The van der Waals surface area contributed by atoms with Gasteiger partial charge >= 0.3 is 12.4 Å². The first kappa shape index (κ1) is 53.1. The molecule has 0 saturated heterocycles. The van der Waals surface area contributed by atoms with Crippen LogP contribution in [0, 0.1) is 29.6 Å². The van der Waals surface area contributed by atoms with Gasteiger partial charge in [-0.3, -0.25) is 9.63 Å². The molecule has 0 aliphatic rings. The van der Waals surface area contributed by atoms with Gasteiger partial charge in [-0.25, -0.2) is 0 Å². The van der Waals surface area contributed by atoms with Crippen LogP contribution in [0.25, 0.3) is 0 Å². The molecule has 0 bridgehead atoms. The molecule has 68 heavy (non-hydrogen) atoms. The fourth-order valence-electron chi connectivity index (χ4n) is 7.55.